The summed E-state index contributed by atoms with van der Waals surface area (Å²) < 4.78 is 8.45. The second kappa shape index (κ2) is 1.81. The van der Waals surface area contributed by atoms with Crippen molar-refractivity contribution in [1.29, 1.82) is 0 Å². The molecule has 2 rings (SSSR count). The third kappa shape index (κ3) is 0.715. The summed E-state index contributed by atoms with van der Waals surface area (Å²) in [7, 11) is 0. The molecule has 44 valence electrons. The standard InChI is InChI=1S/C7H5NS/c1-3-8-5-6-2-4-9-7(1)6/h1-5H/i4D. The lowest BCUT2D eigenvalue weighted by atomic mass is 10.4. The van der Waals surface area contributed by atoms with Gasteiger partial charge in [-0.25, -0.2) is 0 Å². The molecule has 2 aromatic heterocycles. The molecule has 9 heavy (non-hydrogen) atoms. The van der Waals surface area contributed by atoms with Crippen molar-refractivity contribution in [2.75, 3.05) is 0 Å². The fourth-order valence-electron chi connectivity index (χ4n) is 0.752. The predicted molar refractivity (Wildman–Crippen MR) is 39.6 cm³/mol. The monoisotopic (exact) mass is 136 g/mol. The average molecular weight is 136 g/mol. The van der Waals surface area contributed by atoms with E-state index in [1.165, 1.54) is 11.3 Å². The van der Waals surface area contributed by atoms with Crippen LogP contribution in [0.5, 0.6) is 0 Å². The Morgan fingerprint density at radius 1 is 1.56 bits per heavy atom. The van der Waals surface area contributed by atoms with E-state index in [0.29, 0.717) is 5.36 Å². The molecule has 0 aliphatic carbocycles. The Labute approximate surface area is 58.4 Å². The summed E-state index contributed by atoms with van der Waals surface area (Å²) in [6, 6.07) is 3.76. The number of hydrogen-bond donors (Lipinski definition) is 0. The zero-order valence-corrected chi connectivity index (χ0v) is 5.48. The van der Waals surface area contributed by atoms with Gasteiger partial charge in [-0.1, -0.05) is 0 Å². The first-order valence-electron chi connectivity index (χ1n) is 3.16. The van der Waals surface area contributed by atoms with Gasteiger partial charge in [0.25, 0.3) is 0 Å². The quantitative estimate of drug-likeness (QED) is 0.541. The second-order valence-electron chi connectivity index (χ2n) is 1.78. The molecule has 0 unspecified atom stereocenters. The Morgan fingerprint density at radius 3 is 3.44 bits per heavy atom. The number of aromatic nitrogens is 1. The van der Waals surface area contributed by atoms with Crippen LogP contribution in [0, 0.1) is 0 Å². The Hall–Kier alpha value is -0.890. The smallest absolute Gasteiger partial charge is 0.0740 e. The van der Waals surface area contributed by atoms with Crippen molar-refractivity contribution < 1.29 is 1.37 Å². The van der Waals surface area contributed by atoms with E-state index in [-0.39, 0.29) is 0 Å². The highest BCUT2D eigenvalue weighted by Crippen LogP contribution is 2.17. The Kier molecular flexibility index (Phi) is 0.807. The van der Waals surface area contributed by atoms with Gasteiger partial charge < -0.3 is 0 Å². The summed E-state index contributed by atoms with van der Waals surface area (Å²) in [6.07, 6.45) is 3.53. The molecule has 0 atom stereocenters. The molecule has 0 bridgehead atoms. The number of rotatable bonds is 0. The minimum absolute atomic E-state index is 0.600. The van der Waals surface area contributed by atoms with Crippen molar-refractivity contribution in [3.05, 3.63) is 29.9 Å². The van der Waals surface area contributed by atoms with Gasteiger partial charge in [-0.2, -0.15) is 0 Å². The van der Waals surface area contributed by atoms with Crippen molar-refractivity contribution in [2.45, 2.75) is 0 Å². The fourth-order valence-corrected chi connectivity index (χ4v) is 1.42. The molecule has 2 aromatic rings. The molecule has 1 nitrogen and oxygen atoms in total. The SMILES string of the molecule is [2H]c1cc2cnccc2s1. The van der Waals surface area contributed by atoms with Gasteiger partial charge in [0.15, 0.2) is 0 Å². The second-order valence-corrected chi connectivity index (χ2v) is 2.66. The first-order chi connectivity index (χ1) is 4.86. The van der Waals surface area contributed by atoms with Gasteiger partial charge in [0.05, 0.1) is 1.37 Å². The van der Waals surface area contributed by atoms with Crippen LogP contribution in [0.2, 0.25) is 0 Å². The first-order valence-corrected chi connectivity index (χ1v) is 3.48. The van der Waals surface area contributed by atoms with Crippen LogP contribution in [0.4, 0.5) is 0 Å². The van der Waals surface area contributed by atoms with E-state index in [1.807, 2.05) is 12.1 Å². The number of nitrogens with zero attached hydrogens (tertiary/aromatic N) is 1. The fraction of sp³-hybridized carbons (Fsp3) is 0. The molecule has 0 fully saturated rings. The van der Waals surface area contributed by atoms with E-state index >= 15 is 0 Å². The molecule has 2 heterocycles. The highest BCUT2D eigenvalue weighted by Gasteiger charge is 1.88. The van der Waals surface area contributed by atoms with Crippen molar-refractivity contribution >= 4 is 21.4 Å². The summed E-state index contributed by atoms with van der Waals surface area (Å²) in [4.78, 5) is 3.95. The summed E-state index contributed by atoms with van der Waals surface area (Å²) in [5, 5.41) is 1.67. The molecular weight excluding hydrogens is 130 g/mol. The van der Waals surface area contributed by atoms with Gasteiger partial charge in [-0.05, 0) is 17.5 Å². The highest BCUT2D eigenvalue weighted by molar-refractivity contribution is 7.17. The van der Waals surface area contributed by atoms with Crippen LogP contribution in [-0.4, -0.2) is 4.98 Å². The van der Waals surface area contributed by atoms with Crippen LogP contribution in [0.1, 0.15) is 1.37 Å². The maximum absolute atomic E-state index is 7.31. The first kappa shape index (κ1) is 4.01. The Balaban J connectivity index is 2.88. The van der Waals surface area contributed by atoms with E-state index in [2.05, 4.69) is 4.98 Å². The van der Waals surface area contributed by atoms with Crippen molar-refractivity contribution in [3.8, 4) is 0 Å². The van der Waals surface area contributed by atoms with Crippen LogP contribution in [0.25, 0.3) is 10.1 Å². The minimum Gasteiger partial charge on any atom is -0.264 e. The molecule has 0 saturated heterocycles. The zero-order chi connectivity index (χ0) is 6.97. The third-order valence-electron chi connectivity index (χ3n) is 1.19. The van der Waals surface area contributed by atoms with Crippen LogP contribution >= 0.6 is 11.3 Å². The van der Waals surface area contributed by atoms with E-state index in [4.69, 9.17) is 1.37 Å². The van der Waals surface area contributed by atoms with Gasteiger partial charge in [0.1, 0.15) is 0 Å². The van der Waals surface area contributed by atoms with Gasteiger partial charge in [0, 0.05) is 22.5 Å². The third-order valence-corrected chi connectivity index (χ3v) is 2.02. The lowest BCUT2D eigenvalue weighted by Crippen LogP contribution is -1.64. The van der Waals surface area contributed by atoms with Crippen LogP contribution in [0.15, 0.2) is 29.9 Å². The van der Waals surface area contributed by atoms with E-state index < -0.39 is 0 Å². The molecular formula is C7H5NS. The largest absolute Gasteiger partial charge is 0.264 e. The van der Waals surface area contributed by atoms with Crippen LogP contribution in [-0.2, 0) is 0 Å². The maximum atomic E-state index is 7.31. The lowest BCUT2D eigenvalue weighted by molar-refractivity contribution is 1.37. The molecule has 0 spiro atoms. The van der Waals surface area contributed by atoms with Crippen molar-refractivity contribution in [1.82, 2.24) is 4.98 Å². The summed E-state index contributed by atoms with van der Waals surface area (Å²) in [5.41, 5.74) is 0. The van der Waals surface area contributed by atoms with E-state index in [0.717, 1.165) is 10.1 Å². The van der Waals surface area contributed by atoms with Gasteiger partial charge >= 0.3 is 0 Å². The molecule has 0 radical (unpaired) electrons. The zero-order valence-electron chi connectivity index (χ0n) is 5.66. The van der Waals surface area contributed by atoms with Crippen LogP contribution < -0.4 is 0 Å². The Bertz CT molecular complexity index is 322. The van der Waals surface area contributed by atoms with Crippen molar-refractivity contribution in [3.63, 3.8) is 0 Å². The Morgan fingerprint density at radius 2 is 2.56 bits per heavy atom. The number of thiophene rings is 1. The van der Waals surface area contributed by atoms with Gasteiger partial charge in [-0.3, -0.25) is 4.98 Å². The van der Waals surface area contributed by atoms with E-state index in [9.17, 15) is 0 Å². The highest BCUT2D eigenvalue weighted by atomic mass is 32.1. The molecule has 2 heteroatoms. The van der Waals surface area contributed by atoms with Gasteiger partial charge in [-0.15, -0.1) is 11.3 Å². The lowest BCUT2D eigenvalue weighted by Gasteiger charge is -1.81. The summed E-state index contributed by atoms with van der Waals surface area (Å²) >= 11 is 1.48. The van der Waals surface area contributed by atoms with Gasteiger partial charge in [0.2, 0.25) is 0 Å². The van der Waals surface area contributed by atoms with Crippen molar-refractivity contribution in [2.24, 2.45) is 0 Å². The normalized spacial score (nSPS) is 11.8. The molecule has 0 saturated carbocycles. The number of fused-ring (bicyclic) bond motifs is 1. The van der Waals surface area contributed by atoms with Crippen LogP contribution in [0.3, 0.4) is 0 Å². The maximum Gasteiger partial charge on any atom is 0.0740 e. The molecule has 0 N–H and O–H groups in total. The topological polar surface area (TPSA) is 12.9 Å². The molecule has 0 aliphatic heterocycles. The molecule has 0 aliphatic rings. The van der Waals surface area contributed by atoms with E-state index in [1.54, 1.807) is 12.4 Å². The molecule has 0 aromatic carbocycles. The predicted octanol–water partition coefficient (Wildman–Crippen LogP) is 2.30. The summed E-state index contributed by atoms with van der Waals surface area (Å²) in [5.74, 6) is 0. The number of pyridine rings is 1. The number of hydrogen-bond acceptors (Lipinski definition) is 2. The summed E-state index contributed by atoms with van der Waals surface area (Å²) in [6.45, 7) is 0. The average Bonchev–Trinajstić information content (AvgIpc) is 2.27. The molecule has 0 amide bonds. The minimum atomic E-state index is 0.600.